The molecule has 0 radical (unpaired) electrons. The predicted molar refractivity (Wildman–Crippen MR) is 112 cm³/mol. The lowest BCUT2D eigenvalue weighted by Crippen LogP contribution is -2.49. The molecule has 0 fully saturated rings. The highest BCUT2D eigenvalue weighted by atomic mass is 28.4. The quantitative estimate of drug-likeness (QED) is 0.327. The lowest BCUT2D eigenvalue weighted by Gasteiger charge is -2.41. The summed E-state index contributed by atoms with van der Waals surface area (Å²) in [5.41, 5.74) is 0. The first-order chi connectivity index (χ1) is 10.4. The SMILES string of the molecule is CC(C)CC[Si](C)(CC(C)C)O[Si](C)(CCC(C)C)CC(C)C. The van der Waals surface area contributed by atoms with Crippen LogP contribution in [0.4, 0.5) is 0 Å². The molecule has 2 unspecified atom stereocenters. The van der Waals surface area contributed by atoms with E-state index in [4.69, 9.17) is 4.12 Å². The first-order valence-electron chi connectivity index (χ1n) is 10.1. The summed E-state index contributed by atoms with van der Waals surface area (Å²) < 4.78 is 7.23. The average Bonchev–Trinajstić information content (AvgIpc) is 2.32. The minimum atomic E-state index is -1.59. The van der Waals surface area contributed by atoms with Gasteiger partial charge in [-0.1, -0.05) is 68.2 Å². The van der Waals surface area contributed by atoms with Crippen LogP contribution >= 0.6 is 0 Å². The maximum absolute atomic E-state index is 7.23. The largest absolute Gasteiger partial charge is 0.455 e. The molecule has 2 atom stereocenters. The van der Waals surface area contributed by atoms with E-state index in [1.807, 2.05) is 0 Å². The topological polar surface area (TPSA) is 9.23 Å². The van der Waals surface area contributed by atoms with Crippen LogP contribution in [0, 0.1) is 23.7 Å². The highest BCUT2D eigenvalue weighted by Crippen LogP contribution is 2.34. The van der Waals surface area contributed by atoms with Gasteiger partial charge in [-0.25, -0.2) is 0 Å². The van der Waals surface area contributed by atoms with Crippen molar-refractivity contribution in [2.75, 3.05) is 0 Å². The lowest BCUT2D eigenvalue weighted by molar-refractivity contribution is 0.466. The molecule has 0 N–H and O–H groups in total. The zero-order valence-corrected chi connectivity index (χ0v) is 20.0. The van der Waals surface area contributed by atoms with Crippen molar-refractivity contribution in [3.8, 4) is 0 Å². The molecule has 0 aliphatic rings. The molecule has 0 spiro atoms. The van der Waals surface area contributed by atoms with Gasteiger partial charge in [0.05, 0.1) is 0 Å². The molecule has 0 saturated carbocycles. The third-order valence-corrected chi connectivity index (χ3v) is 14.7. The van der Waals surface area contributed by atoms with Gasteiger partial charge in [0.1, 0.15) is 0 Å². The molecule has 0 aromatic carbocycles. The monoisotopic (exact) mass is 358 g/mol. The first kappa shape index (κ1) is 23.4. The normalized spacial score (nSPS) is 18.0. The second-order valence-electron chi connectivity index (χ2n) is 10.1. The Morgan fingerprint density at radius 2 is 0.870 bits per heavy atom. The second kappa shape index (κ2) is 10.4. The Bertz CT molecular complexity index is 285. The average molecular weight is 359 g/mol. The summed E-state index contributed by atoms with van der Waals surface area (Å²) in [5, 5.41) is 0. The Morgan fingerprint density at radius 3 is 1.09 bits per heavy atom. The van der Waals surface area contributed by atoms with Gasteiger partial charge in [-0.3, -0.25) is 0 Å². The van der Waals surface area contributed by atoms with Gasteiger partial charge in [0.2, 0.25) is 0 Å². The van der Waals surface area contributed by atoms with Crippen LogP contribution < -0.4 is 0 Å². The molecule has 0 rings (SSSR count). The Hall–Kier alpha value is 0.394. The van der Waals surface area contributed by atoms with Crippen LogP contribution in [0.15, 0.2) is 0 Å². The smallest absolute Gasteiger partial charge is 0.176 e. The van der Waals surface area contributed by atoms with E-state index in [1.54, 1.807) is 0 Å². The molecule has 0 aliphatic heterocycles. The third-order valence-electron chi connectivity index (χ3n) is 4.67. The van der Waals surface area contributed by atoms with Gasteiger partial charge in [0, 0.05) is 0 Å². The van der Waals surface area contributed by atoms with Crippen LogP contribution in [0.2, 0.25) is 37.3 Å². The van der Waals surface area contributed by atoms with Gasteiger partial charge in [-0.15, -0.1) is 0 Å². The molecule has 0 bridgehead atoms. The number of hydrogen-bond donors (Lipinski definition) is 0. The standard InChI is InChI=1S/C20H46OSi2/c1-17(2)11-13-22(9,15-19(5)6)21-23(10,16-20(7)8)14-12-18(3)4/h17-20H,11-16H2,1-10H3. The van der Waals surface area contributed by atoms with Crippen molar-refractivity contribution in [1.82, 2.24) is 0 Å². The van der Waals surface area contributed by atoms with Crippen LogP contribution in [0.25, 0.3) is 0 Å². The van der Waals surface area contributed by atoms with Crippen molar-refractivity contribution in [3.63, 3.8) is 0 Å². The number of rotatable bonds is 12. The highest BCUT2D eigenvalue weighted by molar-refractivity contribution is 6.86. The molecule has 0 aliphatic carbocycles. The summed E-state index contributed by atoms with van der Waals surface area (Å²) in [6, 6.07) is 5.38. The minimum absolute atomic E-state index is 0.765. The number of hydrogen-bond acceptors (Lipinski definition) is 1. The molecule has 3 heteroatoms. The van der Waals surface area contributed by atoms with Crippen molar-refractivity contribution in [3.05, 3.63) is 0 Å². The molecule has 23 heavy (non-hydrogen) atoms. The van der Waals surface area contributed by atoms with Crippen LogP contribution in [-0.4, -0.2) is 16.6 Å². The van der Waals surface area contributed by atoms with Crippen LogP contribution in [-0.2, 0) is 4.12 Å². The Labute approximate surface area is 150 Å². The molecular formula is C20H46OSi2. The van der Waals surface area contributed by atoms with Gasteiger partial charge in [-0.2, -0.15) is 0 Å². The summed E-state index contributed by atoms with van der Waals surface area (Å²) in [6.07, 6.45) is 2.68. The fourth-order valence-electron chi connectivity index (χ4n) is 3.90. The molecule has 0 heterocycles. The summed E-state index contributed by atoms with van der Waals surface area (Å²) in [6.45, 7) is 24.0. The Balaban J connectivity index is 5.14. The lowest BCUT2D eigenvalue weighted by atomic mass is 10.2. The first-order valence-corrected chi connectivity index (χ1v) is 15.7. The Morgan fingerprint density at radius 1 is 0.565 bits per heavy atom. The molecule has 1 nitrogen and oxygen atoms in total. The minimum Gasteiger partial charge on any atom is -0.455 e. The van der Waals surface area contributed by atoms with E-state index in [9.17, 15) is 0 Å². The summed E-state index contributed by atoms with van der Waals surface area (Å²) >= 11 is 0. The van der Waals surface area contributed by atoms with Gasteiger partial charge in [0.15, 0.2) is 16.6 Å². The van der Waals surface area contributed by atoms with Crippen molar-refractivity contribution >= 4 is 16.6 Å². The van der Waals surface area contributed by atoms with E-state index >= 15 is 0 Å². The fourth-order valence-corrected chi connectivity index (χ4v) is 16.4. The third kappa shape index (κ3) is 11.6. The zero-order chi connectivity index (χ0) is 18.3. The van der Waals surface area contributed by atoms with Crippen LogP contribution in [0.1, 0.15) is 68.2 Å². The van der Waals surface area contributed by atoms with E-state index in [0.29, 0.717) is 0 Å². The molecule has 140 valence electrons. The van der Waals surface area contributed by atoms with Crippen molar-refractivity contribution in [1.29, 1.82) is 0 Å². The van der Waals surface area contributed by atoms with Crippen LogP contribution in [0.5, 0.6) is 0 Å². The fraction of sp³-hybridized carbons (Fsp3) is 1.00. The molecule has 0 amide bonds. The van der Waals surface area contributed by atoms with Crippen LogP contribution in [0.3, 0.4) is 0 Å². The van der Waals surface area contributed by atoms with E-state index in [0.717, 1.165) is 23.7 Å². The predicted octanol–water partition coefficient (Wildman–Crippen LogP) is 7.56. The van der Waals surface area contributed by atoms with Gasteiger partial charge in [0.25, 0.3) is 0 Å². The van der Waals surface area contributed by atoms with E-state index < -0.39 is 16.6 Å². The van der Waals surface area contributed by atoms with Gasteiger partial charge < -0.3 is 4.12 Å². The molecule has 0 aromatic heterocycles. The van der Waals surface area contributed by atoms with Gasteiger partial charge in [-0.05, 0) is 60.9 Å². The molecule has 0 aromatic rings. The van der Waals surface area contributed by atoms with Crippen molar-refractivity contribution < 1.29 is 4.12 Å². The zero-order valence-electron chi connectivity index (χ0n) is 18.0. The maximum atomic E-state index is 7.23. The van der Waals surface area contributed by atoms with E-state index in [-0.39, 0.29) is 0 Å². The maximum Gasteiger partial charge on any atom is 0.176 e. The Kier molecular flexibility index (Phi) is 10.6. The van der Waals surface area contributed by atoms with E-state index in [2.05, 4.69) is 68.5 Å². The summed E-state index contributed by atoms with van der Waals surface area (Å²) in [4.78, 5) is 0. The van der Waals surface area contributed by atoms with E-state index in [1.165, 1.54) is 37.0 Å². The highest BCUT2D eigenvalue weighted by Gasteiger charge is 2.40. The van der Waals surface area contributed by atoms with Crippen molar-refractivity contribution in [2.24, 2.45) is 23.7 Å². The summed E-state index contributed by atoms with van der Waals surface area (Å²) in [7, 11) is -3.18. The summed E-state index contributed by atoms with van der Waals surface area (Å²) in [5.74, 6) is 3.13. The van der Waals surface area contributed by atoms with Crippen molar-refractivity contribution in [2.45, 2.75) is 106 Å². The molecule has 0 saturated heterocycles. The molecular weight excluding hydrogens is 312 g/mol. The van der Waals surface area contributed by atoms with Gasteiger partial charge >= 0.3 is 0 Å². The second-order valence-corrected chi connectivity index (χ2v) is 18.5.